The Hall–Kier alpha value is -2.57. The average molecular weight is 414 g/mol. The van der Waals surface area contributed by atoms with Crippen molar-refractivity contribution in [3.63, 3.8) is 0 Å². The summed E-state index contributed by atoms with van der Waals surface area (Å²) in [5, 5.41) is 0. The molecule has 0 spiro atoms. The first-order chi connectivity index (χ1) is 14.5. The lowest BCUT2D eigenvalue weighted by atomic mass is 9.97. The molecule has 1 aromatic carbocycles. The van der Waals surface area contributed by atoms with Crippen LogP contribution >= 0.6 is 0 Å². The molecule has 0 N–H and O–H groups in total. The van der Waals surface area contributed by atoms with Gasteiger partial charge in [-0.05, 0) is 56.7 Å². The molecular weight excluding hydrogens is 382 g/mol. The Balaban J connectivity index is 1.51. The van der Waals surface area contributed by atoms with Crippen LogP contribution in [0.25, 0.3) is 0 Å². The normalized spacial score (nSPS) is 24.5. The third-order valence-electron chi connectivity index (χ3n) is 6.59. The van der Waals surface area contributed by atoms with E-state index >= 15 is 0 Å². The van der Waals surface area contributed by atoms with E-state index in [-0.39, 0.29) is 30.2 Å². The van der Waals surface area contributed by atoms with Crippen LogP contribution in [0.4, 0.5) is 5.69 Å². The van der Waals surface area contributed by atoms with Gasteiger partial charge in [-0.1, -0.05) is 6.07 Å². The Kier molecular flexibility index (Phi) is 5.97. The molecule has 30 heavy (non-hydrogen) atoms. The van der Waals surface area contributed by atoms with Gasteiger partial charge in [0.1, 0.15) is 11.8 Å². The SMILES string of the molecule is COc1ccc(C)cc1N1CC(C(=O)N2CCCCC2C(=O)N2CCCC2)CC1=O. The molecule has 4 rings (SSSR count). The van der Waals surface area contributed by atoms with Crippen LogP contribution in [0.15, 0.2) is 18.2 Å². The number of hydrogen-bond acceptors (Lipinski definition) is 4. The van der Waals surface area contributed by atoms with Crippen molar-refractivity contribution >= 4 is 23.4 Å². The van der Waals surface area contributed by atoms with E-state index < -0.39 is 5.92 Å². The molecule has 3 aliphatic heterocycles. The molecule has 3 saturated heterocycles. The zero-order valence-electron chi connectivity index (χ0n) is 17.9. The van der Waals surface area contributed by atoms with Crippen LogP contribution in [0.1, 0.15) is 44.1 Å². The number of ether oxygens (including phenoxy) is 1. The Morgan fingerprint density at radius 1 is 1.03 bits per heavy atom. The zero-order valence-corrected chi connectivity index (χ0v) is 17.9. The smallest absolute Gasteiger partial charge is 0.245 e. The molecule has 7 heteroatoms. The number of piperidine rings is 1. The second-order valence-corrected chi connectivity index (χ2v) is 8.66. The van der Waals surface area contributed by atoms with Gasteiger partial charge in [0.05, 0.1) is 18.7 Å². The Morgan fingerprint density at radius 2 is 1.77 bits per heavy atom. The van der Waals surface area contributed by atoms with Gasteiger partial charge in [0.2, 0.25) is 17.7 Å². The summed E-state index contributed by atoms with van der Waals surface area (Å²) < 4.78 is 5.44. The summed E-state index contributed by atoms with van der Waals surface area (Å²) in [6, 6.07) is 5.34. The number of hydrogen-bond donors (Lipinski definition) is 0. The first-order valence-corrected chi connectivity index (χ1v) is 11.0. The van der Waals surface area contributed by atoms with Gasteiger partial charge in [0.25, 0.3) is 0 Å². The van der Waals surface area contributed by atoms with E-state index in [0.29, 0.717) is 24.5 Å². The standard InChI is InChI=1S/C23H31N3O4/c1-16-8-9-20(30-2)19(13-16)26-15-17(14-21(26)27)22(28)25-12-4-3-7-18(25)23(29)24-10-5-6-11-24/h8-9,13,17-18H,3-7,10-12,14-15H2,1-2H3. The highest BCUT2D eigenvalue weighted by Gasteiger charge is 2.42. The zero-order chi connectivity index (χ0) is 21.3. The molecule has 162 valence electrons. The maximum atomic E-state index is 13.4. The van der Waals surface area contributed by atoms with Crippen molar-refractivity contribution in [2.75, 3.05) is 38.2 Å². The number of amides is 3. The quantitative estimate of drug-likeness (QED) is 0.760. The Labute approximate surface area is 177 Å². The number of rotatable bonds is 4. The van der Waals surface area contributed by atoms with Crippen molar-refractivity contribution in [3.8, 4) is 5.75 Å². The molecule has 0 aromatic heterocycles. The van der Waals surface area contributed by atoms with E-state index in [0.717, 1.165) is 50.8 Å². The number of carbonyl (C=O) groups is 3. The fourth-order valence-electron chi connectivity index (χ4n) is 4.95. The molecule has 1 aromatic rings. The van der Waals surface area contributed by atoms with Crippen molar-refractivity contribution in [2.24, 2.45) is 5.92 Å². The molecule has 0 radical (unpaired) electrons. The molecule has 0 saturated carbocycles. The minimum atomic E-state index is -0.422. The third-order valence-corrected chi connectivity index (χ3v) is 6.59. The molecule has 3 amide bonds. The number of aryl methyl sites for hydroxylation is 1. The van der Waals surface area contributed by atoms with E-state index in [1.54, 1.807) is 16.9 Å². The van der Waals surface area contributed by atoms with Crippen LogP contribution < -0.4 is 9.64 Å². The predicted octanol–water partition coefficient (Wildman–Crippen LogP) is 2.36. The summed E-state index contributed by atoms with van der Waals surface area (Å²) in [6.45, 7) is 4.48. The van der Waals surface area contributed by atoms with Crippen molar-refractivity contribution in [1.82, 2.24) is 9.80 Å². The highest BCUT2D eigenvalue weighted by atomic mass is 16.5. The third kappa shape index (κ3) is 3.89. The van der Waals surface area contributed by atoms with Gasteiger partial charge in [-0.3, -0.25) is 14.4 Å². The molecule has 0 aliphatic carbocycles. The van der Waals surface area contributed by atoms with Gasteiger partial charge in [0, 0.05) is 32.6 Å². The first kappa shape index (κ1) is 20.7. The van der Waals surface area contributed by atoms with Crippen LogP contribution in [-0.2, 0) is 14.4 Å². The lowest BCUT2D eigenvalue weighted by Gasteiger charge is -2.38. The maximum absolute atomic E-state index is 13.4. The van der Waals surface area contributed by atoms with E-state index in [9.17, 15) is 14.4 Å². The van der Waals surface area contributed by atoms with E-state index in [1.807, 2.05) is 30.0 Å². The van der Waals surface area contributed by atoms with Gasteiger partial charge < -0.3 is 19.4 Å². The number of anilines is 1. The number of nitrogens with zero attached hydrogens (tertiary/aromatic N) is 3. The highest BCUT2D eigenvalue weighted by molar-refractivity contribution is 6.02. The van der Waals surface area contributed by atoms with Crippen LogP contribution in [0.2, 0.25) is 0 Å². The van der Waals surface area contributed by atoms with E-state index in [4.69, 9.17) is 4.74 Å². The van der Waals surface area contributed by atoms with Crippen LogP contribution in [0.5, 0.6) is 5.75 Å². The fourth-order valence-corrected chi connectivity index (χ4v) is 4.95. The minimum absolute atomic E-state index is 0.0604. The monoisotopic (exact) mass is 413 g/mol. The second kappa shape index (κ2) is 8.66. The number of methoxy groups -OCH3 is 1. The second-order valence-electron chi connectivity index (χ2n) is 8.66. The van der Waals surface area contributed by atoms with Gasteiger partial charge in [-0.15, -0.1) is 0 Å². The molecule has 7 nitrogen and oxygen atoms in total. The first-order valence-electron chi connectivity index (χ1n) is 11.0. The predicted molar refractivity (Wildman–Crippen MR) is 113 cm³/mol. The summed E-state index contributed by atoms with van der Waals surface area (Å²) in [7, 11) is 1.58. The number of benzene rings is 1. The molecule has 2 atom stereocenters. The van der Waals surface area contributed by atoms with Gasteiger partial charge in [-0.25, -0.2) is 0 Å². The lowest BCUT2D eigenvalue weighted by Crippen LogP contribution is -2.54. The molecule has 3 aliphatic rings. The molecule has 2 unspecified atom stereocenters. The van der Waals surface area contributed by atoms with E-state index in [2.05, 4.69) is 0 Å². The topological polar surface area (TPSA) is 70.2 Å². The molecular formula is C23H31N3O4. The van der Waals surface area contributed by atoms with Crippen LogP contribution in [0, 0.1) is 12.8 Å². The Bertz CT molecular complexity index is 834. The summed E-state index contributed by atoms with van der Waals surface area (Å²) in [5.74, 6) is 0.158. The van der Waals surface area contributed by atoms with Gasteiger partial charge >= 0.3 is 0 Å². The minimum Gasteiger partial charge on any atom is -0.495 e. The van der Waals surface area contributed by atoms with Crippen molar-refractivity contribution < 1.29 is 19.1 Å². The number of likely N-dealkylation sites (tertiary alicyclic amines) is 2. The molecule has 3 fully saturated rings. The lowest BCUT2D eigenvalue weighted by molar-refractivity contribution is -0.149. The fraction of sp³-hybridized carbons (Fsp3) is 0.609. The highest BCUT2D eigenvalue weighted by Crippen LogP contribution is 2.35. The van der Waals surface area contributed by atoms with Crippen LogP contribution in [-0.4, -0.2) is 66.9 Å². The van der Waals surface area contributed by atoms with Gasteiger partial charge in [-0.2, -0.15) is 0 Å². The average Bonchev–Trinajstić information content (AvgIpc) is 3.43. The summed E-state index contributed by atoms with van der Waals surface area (Å²) in [5.41, 5.74) is 1.74. The molecule has 3 heterocycles. The molecule has 0 bridgehead atoms. The summed E-state index contributed by atoms with van der Waals surface area (Å²) >= 11 is 0. The van der Waals surface area contributed by atoms with Crippen molar-refractivity contribution in [3.05, 3.63) is 23.8 Å². The summed E-state index contributed by atoms with van der Waals surface area (Å²) in [6.07, 6.45) is 4.84. The van der Waals surface area contributed by atoms with E-state index in [1.165, 1.54) is 0 Å². The Morgan fingerprint density at radius 3 is 2.50 bits per heavy atom. The van der Waals surface area contributed by atoms with Gasteiger partial charge in [0.15, 0.2) is 0 Å². The summed E-state index contributed by atoms with van der Waals surface area (Å²) in [4.78, 5) is 44.6. The number of carbonyl (C=O) groups excluding carboxylic acids is 3. The van der Waals surface area contributed by atoms with Crippen molar-refractivity contribution in [2.45, 2.75) is 51.5 Å². The van der Waals surface area contributed by atoms with Crippen molar-refractivity contribution in [1.29, 1.82) is 0 Å². The maximum Gasteiger partial charge on any atom is 0.245 e. The van der Waals surface area contributed by atoms with Crippen LogP contribution in [0.3, 0.4) is 0 Å². The largest absolute Gasteiger partial charge is 0.495 e.